The number of nitrogens with one attached hydrogen (secondary N) is 1. The van der Waals surface area contributed by atoms with E-state index >= 15 is 0 Å². The van der Waals surface area contributed by atoms with E-state index in [9.17, 15) is 0 Å². The molecule has 0 radical (unpaired) electrons. The summed E-state index contributed by atoms with van der Waals surface area (Å²) in [6.07, 6.45) is 9.69. The summed E-state index contributed by atoms with van der Waals surface area (Å²) in [6, 6.07) is 0. The highest BCUT2D eigenvalue weighted by Crippen LogP contribution is 2.13. The Labute approximate surface area is 59.1 Å². The fourth-order valence-electron chi connectivity index (χ4n) is 0.951. The average molecular weight is 128 g/mol. The van der Waals surface area contributed by atoms with Crippen LogP contribution in [0.1, 0.15) is 0 Å². The van der Waals surface area contributed by atoms with E-state index < -0.39 is 0 Å². The lowest BCUT2D eigenvalue weighted by atomic mass is 10.0. The van der Waals surface area contributed by atoms with Crippen molar-refractivity contribution in [3.05, 3.63) is 47.4 Å². The van der Waals surface area contributed by atoms with Gasteiger partial charge in [0.25, 0.3) is 0 Å². The zero-order valence-electron chi connectivity index (χ0n) is 5.39. The molecule has 0 spiro atoms. The van der Waals surface area contributed by atoms with Crippen molar-refractivity contribution in [2.45, 2.75) is 0 Å². The summed E-state index contributed by atoms with van der Waals surface area (Å²) < 4.78 is 0. The molecule has 0 saturated carbocycles. The first-order valence-corrected chi connectivity index (χ1v) is 3.14. The molecule has 0 unspecified atom stereocenters. The molecule has 0 amide bonds. The lowest BCUT2D eigenvalue weighted by Crippen LogP contribution is -2.60. The third-order valence-corrected chi connectivity index (χ3v) is 1.47. The first kappa shape index (κ1) is 5.25. The molecule has 1 heterocycles. The van der Waals surface area contributed by atoms with Crippen LogP contribution in [-0.2, 0) is 0 Å². The molecule has 0 bridgehead atoms. The van der Waals surface area contributed by atoms with Gasteiger partial charge in [-0.15, -0.1) is 5.73 Å². The highest BCUT2D eigenvalue weighted by molar-refractivity contribution is 5.63. The molecule has 0 fully saturated rings. The van der Waals surface area contributed by atoms with E-state index in [2.05, 4.69) is 16.6 Å². The fourth-order valence-corrected chi connectivity index (χ4v) is 0.951. The van der Waals surface area contributed by atoms with Gasteiger partial charge in [-0.1, -0.05) is 0 Å². The van der Waals surface area contributed by atoms with Crippen LogP contribution in [0.4, 0.5) is 0 Å². The molecule has 46 valence electrons. The van der Waals surface area contributed by atoms with E-state index in [4.69, 9.17) is 0 Å². The lowest BCUT2D eigenvalue weighted by Gasteiger charge is -1.99. The van der Waals surface area contributed by atoms with Crippen LogP contribution >= 0.6 is 0 Å². The predicted octanol–water partition coefficient (Wildman–Crippen LogP) is -0.158. The maximum Gasteiger partial charge on any atom is 0.184 e. The smallest absolute Gasteiger partial charge is 0.170 e. The third-order valence-electron chi connectivity index (χ3n) is 1.47. The van der Waals surface area contributed by atoms with Crippen LogP contribution in [0.5, 0.6) is 0 Å². The van der Waals surface area contributed by atoms with Crippen LogP contribution in [0.25, 0.3) is 0 Å². The van der Waals surface area contributed by atoms with Crippen molar-refractivity contribution in [2.24, 2.45) is 0 Å². The van der Waals surface area contributed by atoms with Crippen LogP contribution in [0.15, 0.2) is 47.4 Å². The molecule has 0 aromatic carbocycles. The Hall–Kier alpha value is -1.55. The zero-order chi connectivity index (χ0) is 6.81. The van der Waals surface area contributed by atoms with Crippen molar-refractivity contribution in [1.82, 2.24) is 0 Å². The van der Waals surface area contributed by atoms with Crippen LogP contribution in [0.2, 0.25) is 0 Å². The molecular weight excluding hydrogens is 122 g/mol. The standard InChI is InChI=1S/C9H5N/c1-2-4-9-7-10-6-5-8(9)3-1/h1,3-5,7H/p+1. The summed E-state index contributed by atoms with van der Waals surface area (Å²) in [5.41, 5.74) is 5.36. The van der Waals surface area contributed by atoms with Crippen molar-refractivity contribution in [3.63, 3.8) is 0 Å². The van der Waals surface area contributed by atoms with Gasteiger partial charge >= 0.3 is 0 Å². The molecular formula is C9H6N+. The largest absolute Gasteiger partial charge is 0.184 e. The van der Waals surface area contributed by atoms with E-state index in [1.54, 1.807) is 0 Å². The van der Waals surface area contributed by atoms with Crippen LogP contribution in [0.3, 0.4) is 0 Å². The SMILES string of the molecule is C1=CC=C2C=C=[NH+]C=C2C=1. The van der Waals surface area contributed by atoms with Crippen molar-refractivity contribution < 1.29 is 4.99 Å². The third kappa shape index (κ3) is 0.708. The Morgan fingerprint density at radius 1 is 1.20 bits per heavy atom. The van der Waals surface area contributed by atoms with Crippen molar-refractivity contribution in [3.8, 4) is 0 Å². The average Bonchev–Trinajstić information content (AvgIpc) is 2.05. The Bertz CT molecular complexity index is 305. The summed E-state index contributed by atoms with van der Waals surface area (Å²) in [7, 11) is 0. The second-order valence-electron chi connectivity index (χ2n) is 2.13. The predicted molar refractivity (Wildman–Crippen MR) is 39.4 cm³/mol. The maximum absolute atomic E-state index is 3.00. The van der Waals surface area contributed by atoms with Gasteiger partial charge in [-0.2, -0.15) is 4.99 Å². The molecule has 2 aliphatic rings. The van der Waals surface area contributed by atoms with Gasteiger partial charge in [0.05, 0.1) is 11.6 Å². The minimum atomic E-state index is 1.17. The van der Waals surface area contributed by atoms with E-state index in [0.29, 0.717) is 0 Å². The summed E-state index contributed by atoms with van der Waals surface area (Å²) in [5.74, 6) is 2.90. The number of hydrogen-bond donors (Lipinski definition) is 1. The molecule has 1 heteroatoms. The number of fused-ring (bicyclic) bond motifs is 1. The first-order valence-electron chi connectivity index (χ1n) is 3.14. The molecule has 0 aromatic heterocycles. The molecule has 0 aromatic rings. The van der Waals surface area contributed by atoms with Gasteiger partial charge in [0.1, 0.15) is 0 Å². The van der Waals surface area contributed by atoms with Crippen LogP contribution < -0.4 is 4.99 Å². The summed E-state index contributed by atoms with van der Waals surface area (Å²) >= 11 is 0. The Kier molecular flexibility index (Phi) is 1.05. The Morgan fingerprint density at radius 2 is 2.20 bits per heavy atom. The maximum atomic E-state index is 3.00. The van der Waals surface area contributed by atoms with Gasteiger partial charge in [-0.3, -0.25) is 0 Å². The van der Waals surface area contributed by atoms with Gasteiger partial charge in [-0.25, -0.2) is 0 Å². The lowest BCUT2D eigenvalue weighted by molar-refractivity contribution is -0.365. The minimum Gasteiger partial charge on any atom is -0.170 e. The first-order chi connectivity index (χ1) is 4.97. The van der Waals surface area contributed by atoms with Crippen molar-refractivity contribution >= 4 is 5.87 Å². The number of hydrogen-bond acceptors (Lipinski definition) is 0. The molecule has 10 heavy (non-hydrogen) atoms. The fraction of sp³-hybridized carbons (Fsp3) is 0. The van der Waals surface area contributed by atoms with Crippen LogP contribution in [0, 0.1) is 0 Å². The molecule has 0 atom stereocenters. The number of rotatable bonds is 0. The minimum absolute atomic E-state index is 1.17. The second-order valence-corrected chi connectivity index (χ2v) is 2.13. The normalized spacial score (nSPS) is 18.4. The van der Waals surface area contributed by atoms with Crippen molar-refractivity contribution in [2.75, 3.05) is 0 Å². The van der Waals surface area contributed by atoms with E-state index in [-0.39, 0.29) is 0 Å². The van der Waals surface area contributed by atoms with Gasteiger partial charge in [-0.05, 0) is 18.2 Å². The highest BCUT2D eigenvalue weighted by atomic mass is 14.7. The number of allylic oxidation sites excluding steroid dienone is 5. The highest BCUT2D eigenvalue weighted by Gasteiger charge is 2.04. The summed E-state index contributed by atoms with van der Waals surface area (Å²) in [5, 5.41) is 0. The van der Waals surface area contributed by atoms with E-state index in [1.165, 1.54) is 11.1 Å². The van der Waals surface area contributed by atoms with E-state index in [0.717, 1.165) is 0 Å². The Morgan fingerprint density at radius 3 is 3.10 bits per heavy atom. The van der Waals surface area contributed by atoms with Gasteiger partial charge in [0, 0.05) is 5.57 Å². The summed E-state index contributed by atoms with van der Waals surface area (Å²) in [6.45, 7) is 0. The van der Waals surface area contributed by atoms with E-state index in [1.807, 2.05) is 30.5 Å². The topological polar surface area (TPSA) is 14.0 Å². The quantitative estimate of drug-likeness (QED) is 0.436. The van der Waals surface area contributed by atoms with Gasteiger partial charge < -0.3 is 0 Å². The zero-order valence-corrected chi connectivity index (χ0v) is 5.39. The molecule has 1 N–H and O–H groups in total. The van der Waals surface area contributed by atoms with Gasteiger partial charge in [0.15, 0.2) is 12.1 Å². The molecule has 1 nitrogen and oxygen atoms in total. The van der Waals surface area contributed by atoms with Crippen LogP contribution in [-0.4, -0.2) is 5.87 Å². The molecule has 2 rings (SSSR count). The summed E-state index contributed by atoms with van der Waals surface area (Å²) in [4.78, 5) is 2.89. The van der Waals surface area contributed by atoms with Gasteiger partial charge in [0.2, 0.25) is 0 Å². The Balaban J connectivity index is 2.63. The molecule has 0 saturated heterocycles. The monoisotopic (exact) mass is 128 g/mol. The molecule has 1 aliphatic heterocycles. The van der Waals surface area contributed by atoms with Crippen molar-refractivity contribution in [1.29, 1.82) is 0 Å². The second kappa shape index (κ2) is 2.00. The molecule has 1 aliphatic carbocycles.